The molecule has 0 radical (unpaired) electrons. The molecule has 1 atom stereocenters. The zero-order chi connectivity index (χ0) is 10.6. The van der Waals surface area contributed by atoms with Crippen LogP contribution in [0, 0.1) is 5.92 Å². The maximum absolute atomic E-state index is 10.0. The highest BCUT2D eigenvalue weighted by Crippen LogP contribution is 2.29. The highest BCUT2D eigenvalue weighted by molar-refractivity contribution is 5.40. The van der Waals surface area contributed by atoms with E-state index in [1.54, 1.807) is 12.3 Å². The minimum absolute atomic E-state index is 0.265. The van der Waals surface area contributed by atoms with E-state index in [-0.39, 0.29) is 5.92 Å². The Balaban J connectivity index is 2.88. The Hall–Kier alpha value is -1.09. The van der Waals surface area contributed by atoms with Crippen molar-refractivity contribution in [2.24, 2.45) is 5.92 Å². The van der Waals surface area contributed by atoms with Crippen molar-refractivity contribution in [3.05, 3.63) is 23.9 Å². The molecular formula is C11H18N2O. The summed E-state index contributed by atoms with van der Waals surface area (Å²) in [5, 5.41) is 10.0. The lowest BCUT2D eigenvalue weighted by Crippen LogP contribution is -2.13. The van der Waals surface area contributed by atoms with E-state index in [0.29, 0.717) is 5.82 Å². The first-order valence-corrected chi connectivity index (χ1v) is 5.09. The fourth-order valence-corrected chi connectivity index (χ4v) is 1.67. The van der Waals surface area contributed by atoms with Crippen molar-refractivity contribution in [1.82, 2.24) is 4.98 Å². The summed E-state index contributed by atoms with van der Waals surface area (Å²) < 4.78 is 0. The molecule has 0 saturated carbocycles. The van der Waals surface area contributed by atoms with Crippen LogP contribution in [-0.2, 0) is 0 Å². The molecule has 0 amide bonds. The Bertz CT molecular complexity index is 284. The summed E-state index contributed by atoms with van der Waals surface area (Å²) in [4.78, 5) is 3.97. The largest absolute Gasteiger partial charge is 0.388 e. The zero-order valence-electron chi connectivity index (χ0n) is 8.77. The molecule has 3 nitrogen and oxygen atoms in total. The van der Waals surface area contributed by atoms with E-state index in [4.69, 9.17) is 5.73 Å². The van der Waals surface area contributed by atoms with E-state index in [2.05, 4.69) is 18.8 Å². The third kappa shape index (κ3) is 2.23. The van der Waals surface area contributed by atoms with Gasteiger partial charge in [0.15, 0.2) is 0 Å². The van der Waals surface area contributed by atoms with Crippen LogP contribution in [0.4, 0.5) is 5.82 Å². The van der Waals surface area contributed by atoms with E-state index < -0.39 is 6.10 Å². The number of rotatable bonds is 4. The van der Waals surface area contributed by atoms with E-state index >= 15 is 0 Å². The summed E-state index contributed by atoms with van der Waals surface area (Å²) >= 11 is 0. The van der Waals surface area contributed by atoms with E-state index in [0.717, 1.165) is 18.4 Å². The molecule has 3 N–H and O–H groups in total. The van der Waals surface area contributed by atoms with Crippen molar-refractivity contribution in [3.8, 4) is 0 Å². The topological polar surface area (TPSA) is 59.1 Å². The van der Waals surface area contributed by atoms with Gasteiger partial charge in [-0.2, -0.15) is 0 Å². The van der Waals surface area contributed by atoms with Crippen molar-refractivity contribution < 1.29 is 5.11 Å². The molecule has 0 aromatic carbocycles. The molecule has 0 spiro atoms. The minimum atomic E-state index is -0.487. The lowest BCUT2D eigenvalue weighted by atomic mass is 9.92. The van der Waals surface area contributed by atoms with Gasteiger partial charge in [0.05, 0.1) is 6.10 Å². The molecule has 1 heterocycles. The third-order valence-electron chi connectivity index (χ3n) is 2.69. The Morgan fingerprint density at radius 3 is 2.57 bits per heavy atom. The second kappa shape index (κ2) is 4.96. The highest BCUT2D eigenvalue weighted by atomic mass is 16.3. The number of hydrogen-bond donors (Lipinski definition) is 2. The predicted octanol–water partition coefficient (Wildman–Crippen LogP) is 2.13. The van der Waals surface area contributed by atoms with Gasteiger partial charge in [0.2, 0.25) is 0 Å². The van der Waals surface area contributed by atoms with Gasteiger partial charge in [-0.25, -0.2) is 4.98 Å². The number of aromatic nitrogens is 1. The molecule has 0 aliphatic heterocycles. The van der Waals surface area contributed by atoms with Crippen LogP contribution in [-0.4, -0.2) is 10.1 Å². The number of pyridine rings is 1. The van der Waals surface area contributed by atoms with Gasteiger partial charge < -0.3 is 10.8 Å². The highest BCUT2D eigenvalue weighted by Gasteiger charge is 2.19. The molecule has 14 heavy (non-hydrogen) atoms. The van der Waals surface area contributed by atoms with Crippen LogP contribution in [0.25, 0.3) is 0 Å². The smallest absolute Gasteiger partial charge is 0.129 e. The Kier molecular flexibility index (Phi) is 3.89. The van der Waals surface area contributed by atoms with Gasteiger partial charge in [-0.05, 0) is 12.0 Å². The van der Waals surface area contributed by atoms with Gasteiger partial charge in [0.25, 0.3) is 0 Å². The number of nitrogen functional groups attached to an aromatic ring is 1. The van der Waals surface area contributed by atoms with Gasteiger partial charge >= 0.3 is 0 Å². The van der Waals surface area contributed by atoms with Gasteiger partial charge in [-0.1, -0.05) is 32.8 Å². The Morgan fingerprint density at radius 1 is 1.43 bits per heavy atom. The summed E-state index contributed by atoms with van der Waals surface area (Å²) in [6, 6.07) is 3.64. The van der Waals surface area contributed by atoms with Crippen LogP contribution < -0.4 is 5.73 Å². The average Bonchev–Trinajstić information content (AvgIpc) is 2.20. The van der Waals surface area contributed by atoms with Gasteiger partial charge in [-0.3, -0.25) is 0 Å². The number of anilines is 1. The molecule has 0 saturated heterocycles. The SMILES string of the molecule is CCC(CC)C(O)c1cccnc1N. The van der Waals surface area contributed by atoms with Crippen molar-refractivity contribution in [2.75, 3.05) is 5.73 Å². The molecule has 1 aromatic rings. The van der Waals surface area contributed by atoms with Gasteiger partial charge in [0, 0.05) is 11.8 Å². The molecule has 1 aromatic heterocycles. The van der Waals surface area contributed by atoms with Crippen LogP contribution >= 0.6 is 0 Å². The fraction of sp³-hybridized carbons (Fsp3) is 0.545. The standard InChI is InChI=1S/C11H18N2O/c1-3-8(4-2)10(14)9-6-5-7-13-11(9)12/h5-8,10,14H,3-4H2,1-2H3,(H2,12,13). The lowest BCUT2D eigenvalue weighted by molar-refractivity contribution is 0.104. The zero-order valence-corrected chi connectivity index (χ0v) is 8.77. The molecule has 0 aliphatic rings. The van der Waals surface area contributed by atoms with Gasteiger partial charge in [0.1, 0.15) is 5.82 Å². The number of hydrogen-bond acceptors (Lipinski definition) is 3. The second-order valence-electron chi connectivity index (χ2n) is 3.50. The second-order valence-corrected chi connectivity index (χ2v) is 3.50. The number of nitrogens with zero attached hydrogens (tertiary/aromatic N) is 1. The van der Waals surface area contributed by atoms with E-state index in [1.807, 2.05) is 6.07 Å². The van der Waals surface area contributed by atoms with Crippen LogP contribution in [0.1, 0.15) is 38.4 Å². The minimum Gasteiger partial charge on any atom is -0.388 e. The predicted molar refractivity (Wildman–Crippen MR) is 57.7 cm³/mol. The quantitative estimate of drug-likeness (QED) is 0.772. The van der Waals surface area contributed by atoms with Gasteiger partial charge in [-0.15, -0.1) is 0 Å². The molecule has 78 valence electrons. The van der Waals surface area contributed by atoms with Crippen molar-refractivity contribution in [1.29, 1.82) is 0 Å². The summed E-state index contributed by atoms with van der Waals surface area (Å²) in [5.74, 6) is 0.702. The fourth-order valence-electron chi connectivity index (χ4n) is 1.67. The number of nitrogens with two attached hydrogens (primary N) is 1. The summed E-state index contributed by atoms with van der Waals surface area (Å²) in [7, 11) is 0. The summed E-state index contributed by atoms with van der Waals surface area (Å²) in [5.41, 5.74) is 6.45. The number of aliphatic hydroxyl groups excluding tert-OH is 1. The first kappa shape index (κ1) is 11.0. The molecular weight excluding hydrogens is 176 g/mol. The Labute approximate surface area is 85.0 Å². The summed E-state index contributed by atoms with van der Waals surface area (Å²) in [6.45, 7) is 4.15. The van der Waals surface area contributed by atoms with E-state index in [9.17, 15) is 5.11 Å². The maximum atomic E-state index is 10.0. The van der Waals surface area contributed by atoms with Crippen LogP contribution in [0.5, 0.6) is 0 Å². The molecule has 1 rings (SSSR count). The molecule has 0 fully saturated rings. The van der Waals surface area contributed by atoms with Crippen molar-refractivity contribution in [3.63, 3.8) is 0 Å². The lowest BCUT2D eigenvalue weighted by Gasteiger charge is -2.20. The Morgan fingerprint density at radius 2 is 2.07 bits per heavy atom. The molecule has 1 unspecified atom stereocenters. The molecule has 0 aliphatic carbocycles. The normalized spacial score (nSPS) is 13.1. The molecule has 0 bridgehead atoms. The van der Waals surface area contributed by atoms with Crippen molar-refractivity contribution in [2.45, 2.75) is 32.8 Å². The third-order valence-corrected chi connectivity index (χ3v) is 2.69. The number of aliphatic hydroxyl groups is 1. The van der Waals surface area contributed by atoms with E-state index in [1.165, 1.54) is 0 Å². The summed E-state index contributed by atoms with van der Waals surface area (Å²) in [6.07, 6.45) is 3.05. The monoisotopic (exact) mass is 194 g/mol. The maximum Gasteiger partial charge on any atom is 0.129 e. The van der Waals surface area contributed by atoms with Crippen molar-refractivity contribution >= 4 is 5.82 Å². The average molecular weight is 194 g/mol. The van der Waals surface area contributed by atoms with Crippen LogP contribution in [0.2, 0.25) is 0 Å². The van der Waals surface area contributed by atoms with Crippen LogP contribution in [0.3, 0.4) is 0 Å². The molecule has 3 heteroatoms. The van der Waals surface area contributed by atoms with Crippen LogP contribution in [0.15, 0.2) is 18.3 Å². The first-order valence-electron chi connectivity index (χ1n) is 5.09. The first-order chi connectivity index (χ1) is 6.70.